The van der Waals surface area contributed by atoms with E-state index < -0.39 is 10.0 Å². The van der Waals surface area contributed by atoms with Gasteiger partial charge in [-0.25, -0.2) is 23.4 Å². The van der Waals surface area contributed by atoms with Gasteiger partial charge in [-0.2, -0.15) is 9.29 Å². The molecule has 0 spiro atoms. The van der Waals surface area contributed by atoms with E-state index >= 15 is 0 Å². The van der Waals surface area contributed by atoms with E-state index in [0.717, 1.165) is 25.7 Å². The second kappa shape index (κ2) is 10.00. The molecular formula is C24H30N6O4S. The number of rotatable bonds is 7. The fraction of sp³-hybridized carbons (Fsp3) is 0.500. The third kappa shape index (κ3) is 4.93. The van der Waals surface area contributed by atoms with E-state index in [1.165, 1.54) is 4.31 Å². The average molecular weight is 499 g/mol. The maximum absolute atomic E-state index is 13.1. The fourth-order valence-electron chi connectivity index (χ4n) is 4.68. The predicted molar refractivity (Wildman–Crippen MR) is 130 cm³/mol. The van der Waals surface area contributed by atoms with Crippen LogP contribution in [0.25, 0.3) is 11.2 Å². The Labute approximate surface area is 205 Å². The molecule has 0 bridgehead atoms. The number of ether oxygens (including phenoxy) is 2. The predicted octanol–water partition coefficient (Wildman–Crippen LogP) is 2.82. The van der Waals surface area contributed by atoms with Crippen molar-refractivity contribution in [1.82, 2.24) is 29.1 Å². The molecule has 3 heterocycles. The lowest BCUT2D eigenvalue weighted by Gasteiger charge is -2.36. The molecule has 1 saturated carbocycles. The molecule has 0 N–H and O–H groups in total. The Morgan fingerprint density at radius 1 is 0.971 bits per heavy atom. The number of sulfonamides is 1. The lowest BCUT2D eigenvalue weighted by atomic mass is 10.2. The van der Waals surface area contributed by atoms with Gasteiger partial charge in [0.2, 0.25) is 15.9 Å². The van der Waals surface area contributed by atoms with Crippen LogP contribution in [0.4, 0.5) is 0 Å². The van der Waals surface area contributed by atoms with Gasteiger partial charge in [0.15, 0.2) is 17.0 Å². The highest BCUT2D eigenvalue weighted by Gasteiger charge is 2.32. The van der Waals surface area contributed by atoms with Gasteiger partial charge in [0.25, 0.3) is 0 Å². The van der Waals surface area contributed by atoms with E-state index in [0.29, 0.717) is 54.8 Å². The molecule has 1 saturated heterocycles. The quantitative estimate of drug-likeness (QED) is 0.485. The van der Waals surface area contributed by atoms with Gasteiger partial charge in [0.05, 0.1) is 18.0 Å². The van der Waals surface area contributed by atoms with Crippen LogP contribution >= 0.6 is 0 Å². The highest BCUT2D eigenvalue weighted by molar-refractivity contribution is 7.89. The minimum Gasteiger partial charge on any atom is -0.497 e. The zero-order valence-corrected chi connectivity index (χ0v) is 20.8. The largest absolute Gasteiger partial charge is 0.497 e. The first-order valence-electron chi connectivity index (χ1n) is 12.0. The Morgan fingerprint density at radius 3 is 2.34 bits per heavy atom. The summed E-state index contributed by atoms with van der Waals surface area (Å²) in [5.41, 5.74) is 1.09. The third-order valence-electron chi connectivity index (χ3n) is 6.79. The number of methoxy groups -OCH3 is 1. The van der Waals surface area contributed by atoms with Crippen molar-refractivity contribution in [3.63, 3.8) is 0 Å². The van der Waals surface area contributed by atoms with Crippen LogP contribution < -0.4 is 9.47 Å². The van der Waals surface area contributed by atoms with Gasteiger partial charge in [0.1, 0.15) is 11.9 Å². The average Bonchev–Trinajstić information content (AvgIpc) is 3.41. The first-order chi connectivity index (χ1) is 17.0. The van der Waals surface area contributed by atoms with Crippen molar-refractivity contribution >= 4 is 21.2 Å². The van der Waals surface area contributed by atoms with Gasteiger partial charge >= 0.3 is 0 Å². The number of piperazine rings is 1. The van der Waals surface area contributed by atoms with Gasteiger partial charge in [0, 0.05) is 38.6 Å². The van der Waals surface area contributed by atoms with Crippen LogP contribution in [-0.4, -0.2) is 77.0 Å². The smallest absolute Gasteiger partial charge is 0.246 e. The molecular weight excluding hydrogens is 468 g/mol. The van der Waals surface area contributed by atoms with Crippen molar-refractivity contribution in [3.05, 3.63) is 42.5 Å². The van der Waals surface area contributed by atoms with Crippen molar-refractivity contribution in [1.29, 1.82) is 0 Å². The van der Waals surface area contributed by atoms with Crippen molar-refractivity contribution in [3.8, 4) is 11.6 Å². The molecule has 0 amide bonds. The Morgan fingerprint density at radius 2 is 1.66 bits per heavy atom. The molecule has 1 aromatic carbocycles. The normalized spacial score (nSPS) is 19.1. The molecule has 1 atom stereocenters. The minimum atomic E-state index is -3.57. The second-order valence-electron chi connectivity index (χ2n) is 8.93. The Bertz CT molecular complexity index is 1270. The summed E-state index contributed by atoms with van der Waals surface area (Å²) in [5.74, 6) is 1.72. The summed E-state index contributed by atoms with van der Waals surface area (Å²) in [6, 6.07) is 6.36. The summed E-state index contributed by atoms with van der Waals surface area (Å²) in [7, 11) is -2.01. The number of nitrogens with zero attached hydrogens (tertiary/aromatic N) is 6. The molecule has 186 valence electrons. The number of fused-ring (bicyclic) bond motifs is 1. The van der Waals surface area contributed by atoms with E-state index in [1.807, 2.05) is 6.92 Å². The summed E-state index contributed by atoms with van der Waals surface area (Å²) in [4.78, 5) is 20.7. The van der Waals surface area contributed by atoms with E-state index in [4.69, 9.17) is 14.5 Å². The molecule has 2 aromatic heterocycles. The standard InChI is InChI=1S/C24H30N6O4S/c1-17(22-27-23-21(25-11-12-26-23)24(28-22)34-19-5-3-4-6-19)29-13-15-30(16-14-29)35(31,32)20-9-7-18(33-2)8-10-20/h7-12,17,19H,3-6,13-16H2,1-2H3. The van der Waals surface area contributed by atoms with Gasteiger partial charge in [-0.3, -0.25) is 4.90 Å². The molecule has 1 aliphatic heterocycles. The molecule has 5 rings (SSSR count). The first kappa shape index (κ1) is 23.8. The number of hydrogen-bond donors (Lipinski definition) is 0. The molecule has 2 aliphatic rings. The SMILES string of the molecule is COc1ccc(S(=O)(=O)N2CCN(C(C)c3nc(OC4CCCC4)c4nccnc4n3)CC2)cc1. The van der Waals surface area contributed by atoms with E-state index in [9.17, 15) is 8.42 Å². The fourth-order valence-corrected chi connectivity index (χ4v) is 6.10. The van der Waals surface area contributed by atoms with Crippen molar-refractivity contribution in [2.45, 2.75) is 49.6 Å². The third-order valence-corrected chi connectivity index (χ3v) is 8.70. The highest BCUT2D eigenvalue weighted by Crippen LogP contribution is 2.29. The van der Waals surface area contributed by atoms with Crippen LogP contribution in [0.1, 0.15) is 44.5 Å². The van der Waals surface area contributed by atoms with Crippen LogP contribution in [0.3, 0.4) is 0 Å². The number of aromatic nitrogens is 4. The lowest BCUT2D eigenvalue weighted by molar-refractivity contribution is 0.139. The van der Waals surface area contributed by atoms with Crippen LogP contribution in [0.2, 0.25) is 0 Å². The summed E-state index contributed by atoms with van der Waals surface area (Å²) < 4.78 is 39.1. The second-order valence-corrected chi connectivity index (χ2v) is 10.9. The lowest BCUT2D eigenvalue weighted by Crippen LogP contribution is -2.49. The molecule has 0 radical (unpaired) electrons. The summed E-state index contributed by atoms with van der Waals surface area (Å²) in [5, 5.41) is 0. The van der Waals surface area contributed by atoms with Gasteiger partial charge < -0.3 is 9.47 Å². The monoisotopic (exact) mass is 498 g/mol. The number of hydrogen-bond acceptors (Lipinski definition) is 9. The first-order valence-corrected chi connectivity index (χ1v) is 13.4. The molecule has 11 heteroatoms. The van der Waals surface area contributed by atoms with Crippen LogP contribution in [0.5, 0.6) is 11.6 Å². The topological polar surface area (TPSA) is 111 Å². The zero-order valence-electron chi connectivity index (χ0n) is 20.0. The maximum atomic E-state index is 13.1. The van der Waals surface area contributed by atoms with Gasteiger partial charge in [-0.05, 0) is 56.9 Å². The molecule has 35 heavy (non-hydrogen) atoms. The van der Waals surface area contributed by atoms with Crippen molar-refractivity contribution in [2.75, 3.05) is 33.3 Å². The number of benzene rings is 1. The molecule has 1 aliphatic carbocycles. The Kier molecular flexibility index (Phi) is 6.81. The van der Waals surface area contributed by atoms with Gasteiger partial charge in [-0.1, -0.05) is 0 Å². The van der Waals surface area contributed by atoms with Crippen molar-refractivity contribution < 1.29 is 17.9 Å². The summed E-state index contributed by atoms with van der Waals surface area (Å²) in [6.45, 7) is 3.94. The van der Waals surface area contributed by atoms with Crippen LogP contribution in [-0.2, 0) is 10.0 Å². The summed E-state index contributed by atoms with van der Waals surface area (Å²) in [6.07, 6.45) is 7.73. The molecule has 2 fully saturated rings. The van der Waals surface area contributed by atoms with Gasteiger partial charge in [-0.15, -0.1) is 0 Å². The molecule has 3 aromatic rings. The van der Waals surface area contributed by atoms with Crippen LogP contribution in [0.15, 0.2) is 41.6 Å². The maximum Gasteiger partial charge on any atom is 0.246 e. The molecule has 1 unspecified atom stereocenters. The van der Waals surface area contributed by atoms with E-state index in [-0.39, 0.29) is 17.0 Å². The Balaban J connectivity index is 1.31. The van der Waals surface area contributed by atoms with E-state index in [1.54, 1.807) is 43.8 Å². The highest BCUT2D eigenvalue weighted by atomic mass is 32.2. The Hall–Kier alpha value is -2.89. The van der Waals surface area contributed by atoms with Crippen LogP contribution in [0, 0.1) is 0 Å². The molecule has 10 nitrogen and oxygen atoms in total. The minimum absolute atomic E-state index is 0.127. The van der Waals surface area contributed by atoms with Crippen molar-refractivity contribution in [2.24, 2.45) is 0 Å². The summed E-state index contributed by atoms with van der Waals surface area (Å²) >= 11 is 0. The zero-order chi connectivity index (χ0) is 24.4. The van der Waals surface area contributed by atoms with E-state index in [2.05, 4.69) is 19.9 Å².